The quantitative estimate of drug-likeness (QED) is 0.836. The molecular weight excluding hydrogens is 268 g/mol. The number of hydrogen-bond acceptors (Lipinski definition) is 4. The van der Waals surface area contributed by atoms with E-state index in [1.165, 1.54) is 12.8 Å². The van der Waals surface area contributed by atoms with Crippen molar-refractivity contribution in [1.29, 1.82) is 0 Å². The van der Waals surface area contributed by atoms with Crippen LogP contribution >= 0.6 is 0 Å². The van der Waals surface area contributed by atoms with Crippen molar-refractivity contribution in [2.75, 3.05) is 13.1 Å². The maximum absolute atomic E-state index is 12.1. The minimum atomic E-state index is -0.699. The van der Waals surface area contributed by atoms with Gasteiger partial charge in [-0.2, -0.15) is 0 Å². The van der Waals surface area contributed by atoms with E-state index in [2.05, 4.69) is 12.2 Å². The molecule has 5 nitrogen and oxygen atoms in total. The van der Waals surface area contributed by atoms with Crippen LogP contribution in [0.4, 0.5) is 4.79 Å². The minimum Gasteiger partial charge on any atom is -0.444 e. The van der Waals surface area contributed by atoms with Gasteiger partial charge in [-0.1, -0.05) is 6.92 Å². The number of nitrogens with zero attached hydrogens (tertiary/aromatic N) is 1. The summed E-state index contributed by atoms with van der Waals surface area (Å²) in [4.78, 5) is 13.8. The number of hydrogen-bond donors (Lipinski definition) is 2. The van der Waals surface area contributed by atoms with Crippen LogP contribution in [0.2, 0.25) is 0 Å². The van der Waals surface area contributed by atoms with E-state index in [9.17, 15) is 9.90 Å². The number of amides is 1. The molecule has 5 heteroatoms. The van der Waals surface area contributed by atoms with Gasteiger partial charge in [0.15, 0.2) is 0 Å². The van der Waals surface area contributed by atoms with E-state index in [-0.39, 0.29) is 12.1 Å². The second kappa shape index (κ2) is 6.13. The van der Waals surface area contributed by atoms with Gasteiger partial charge < -0.3 is 20.1 Å². The summed E-state index contributed by atoms with van der Waals surface area (Å²) < 4.78 is 5.40. The number of carbonyl (C=O) groups excluding carboxylic acids is 1. The Morgan fingerprint density at radius 1 is 1.38 bits per heavy atom. The SMILES string of the molecule is CCC(NC1CC1)C1(O)CCN(C(=O)OC(C)(C)C)CC1. The van der Waals surface area contributed by atoms with Crippen LogP contribution in [0.15, 0.2) is 0 Å². The van der Waals surface area contributed by atoms with E-state index in [0.717, 1.165) is 6.42 Å². The van der Waals surface area contributed by atoms with Crippen LogP contribution in [0.3, 0.4) is 0 Å². The van der Waals surface area contributed by atoms with E-state index in [1.54, 1.807) is 4.90 Å². The molecule has 1 amide bonds. The zero-order valence-electron chi connectivity index (χ0n) is 13.8. The second-order valence-corrected chi connectivity index (χ2v) is 7.47. The average Bonchev–Trinajstić information content (AvgIpc) is 3.18. The van der Waals surface area contributed by atoms with Gasteiger partial charge in [-0.25, -0.2) is 4.79 Å². The van der Waals surface area contributed by atoms with E-state index in [1.807, 2.05) is 20.8 Å². The first kappa shape index (κ1) is 16.6. The van der Waals surface area contributed by atoms with Gasteiger partial charge in [0.25, 0.3) is 0 Å². The van der Waals surface area contributed by atoms with Crippen molar-refractivity contribution >= 4 is 6.09 Å². The molecule has 2 N–H and O–H groups in total. The first-order chi connectivity index (χ1) is 9.73. The highest BCUT2D eigenvalue weighted by molar-refractivity contribution is 5.68. The molecule has 0 bridgehead atoms. The number of nitrogens with one attached hydrogen (secondary N) is 1. The van der Waals surface area contributed by atoms with Crippen LogP contribution in [0.25, 0.3) is 0 Å². The van der Waals surface area contributed by atoms with Crippen molar-refractivity contribution in [3.05, 3.63) is 0 Å². The molecule has 122 valence electrons. The fourth-order valence-electron chi connectivity index (χ4n) is 2.94. The Bertz CT molecular complexity index is 366. The molecule has 0 aromatic heterocycles. The van der Waals surface area contributed by atoms with Crippen LogP contribution < -0.4 is 5.32 Å². The topological polar surface area (TPSA) is 61.8 Å². The van der Waals surface area contributed by atoms with Gasteiger partial charge in [-0.05, 0) is 52.9 Å². The third-order valence-electron chi connectivity index (χ3n) is 4.35. The molecule has 2 aliphatic rings. The van der Waals surface area contributed by atoms with Crippen LogP contribution in [0, 0.1) is 0 Å². The number of carbonyl (C=O) groups is 1. The number of rotatable bonds is 4. The third-order valence-corrected chi connectivity index (χ3v) is 4.35. The van der Waals surface area contributed by atoms with Gasteiger partial charge in [-0.15, -0.1) is 0 Å². The van der Waals surface area contributed by atoms with E-state index in [4.69, 9.17) is 4.74 Å². The van der Waals surface area contributed by atoms with E-state index < -0.39 is 11.2 Å². The molecule has 2 fully saturated rings. The average molecular weight is 298 g/mol. The summed E-state index contributed by atoms with van der Waals surface area (Å²) in [6.45, 7) is 8.86. The largest absolute Gasteiger partial charge is 0.444 e. The Kier molecular flexibility index (Phi) is 4.83. The number of piperidine rings is 1. The van der Waals surface area contributed by atoms with Crippen molar-refractivity contribution in [3.8, 4) is 0 Å². The minimum absolute atomic E-state index is 0.130. The molecule has 2 rings (SSSR count). The molecule has 0 spiro atoms. The second-order valence-electron chi connectivity index (χ2n) is 7.47. The Hall–Kier alpha value is -0.810. The van der Waals surface area contributed by atoms with Gasteiger partial charge >= 0.3 is 6.09 Å². The Morgan fingerprint density at radius 2 is 1.95 bits per heavy atom. The molecule has 21 heavy (non-hydrogen) atoms. The maximum Gasteiger partial charge on any atom is 0.410 e. The molecule has 1 saturated heterocycles. The first-order valence-electron chi connectivity index (χ1n) is 8.20. The number of likely N-dealkylation sites (tertiary alicyclic amines) is 1. The molecule has 0 aromatic rings. The van der Waals surface area contributed by atoms with E-state index in [0.29, 0.717) is 32.0 Å². The van der Waals surface area contributed by atoms with Crippen molar-refractivity contribution in [1.82, 2.24) is 10.2 Å². The molecule has 1 atom stereocenters. The lowest BCUT2D eigenvalue weighted by Gasteiger charge is -2.43. The lowest BCUT2D eigenvalue weighted by Crippen LogP contribution is -2.57. The summed E-state index contributed by atoms with van der Waals surface area (Å²) in [5, 5.41) is 14.4. The predicted octanol–water partition coefficient (Wildman–Crippen LogP) is 2.28. The van der Waals surface area contributed by atoms with E-state index >= 15 is 0 Å². The highest BCUT2D eigenvalue weighted by Gasteiger charge is 2.42. The van der Waals surface area contributed by atoms with Crippen molar-refractivity contribution in [3.63, 3.8) is 0 Å². The van der Waals surface area contributed by atoms with Crippen LogP contribution in [0.5, 0.6) is 0 Å². The Labute approximate surface area is 128 Å². The van der Waals surface area contributed by atoms with Crippen molar-refractivity contribution in [2.24, 2.45) is 0 Å². The number of aliphatic hydroxyl groups is 1. The molecule has 1 saturated carbocycles. The summed E-state index contributed by atoms with van der Waals surface area (Å²) in [5.74, 6) is 0. The normalized spacial score (nSPS) is 23.8. The van der Waals surface area contributed by atoms with Crippen molar-refractivity contribution in [2.45, 2.75) is 83.1 Å². The first-order valence-corrected chi connectivity index (χ1v) is 8.20. The van der Waals surface area contributed by atoms with Gasteiger partial charge in [0.1, 0.15) is 5.60 Å². The summed E-state index contributed by atoms with van der Waals surface area (Å²) in [6.07, 6.45) is 4.31. The van der Waals surface area contributed by atoms with Gasteiger partial charge in [0, 0.05) is 25.2 Å². The monoisotopic (exact) mass is 298 g/mol. The standard InChI is InChI=1S/C16H30N2O3/c1-5-13(17-12-6-7-12)16(20)8-10-18(11-9-16)14(19)21-15(2,3)4/h12-13,17,20H,5-11H2,1-4H3. The summed E-state index contributed by atoms with van der Waals surface area (Å²) >= 11 is 0. The smallest absolute Gasteiger partial charge is 0.410 e. The predicted molar refractivity (Wildman–Crippen MR) is 82.2 cm³/mol. The van der Waals surface area contributed by atoms with Crippen LogP contribution in [-0.2, 0) is 4.74 Å². The third kappa shape index (κ3) is 4.58. The zero-order chi connectivity index (χ0) is 15.7. The van der Waals surface area contributed by atoms with Crippen LogP contribution in [-0.4, -0.2) is 52.5 Å². The maximum atomic E-state index is 12.1. The molecule has 1 heterocycles. The lowest BCUT2D eigenvalue weighted by molar-refractivity contribution is -0.0556. The van der Waals surface area contributed by atoms with Crippen LogP contribution in [0.1, 0.15) is 59.8 Å². The summed E-state index contributed by atoms with van der Waals surface area (Å²) in [6, 6.07) is 0.716. The highest BCUT2D eigenvalue weighted by atomic mass is 16.6. The van der Waals surface area contributed by atoms with Gasteiger partial charge in [-0.3, -0.25) is 0 Å². The molecular formula is C16H30N2O3. The zero-order valence-corrected chi connectivity index (χ0v) is 13.8. The van der Waals surface area contributed by atoms with Gasteiger partial charge in [0.05, 0.1) is 5.60 Å². The Balaban J connectivity index is 1.87. The fourth-order valence-corrected chi connectivity index (χ4v) is 2.94. The fraction of sp³-hybridized carbons (Fsp3) is 0.938. The molecule has 0 radical (unpaired) electrons. The molecule has 1 unspecified atom stereocenters. The number of ether oxygens (including phenoxy) is 1. The van der Waals surface area contributed by atoms with Crippen molar-refractivity contribution < 1.29 is 14.6 Å². The summed E-state index contributed by atoms with van der Waals surface area (Å²) in [5.41, 5.74) is -1.17. The lowest BCUT2D eigenvalue weighted by atomic mass is 9.83. The summed E-state index contributed by atoms with van der Waals surface area (Å²) in [7, 11) is 0. The molecule has 1 aliphatic carbocycles. The van der Waals surface area contributed by atoms with Gasteiger partial charge in [0.2, 0.25) is 0 Å². The Morgan fingerprint density at radius 3 is 2.38 bits per heavy atom. The molecule has 0 aromatic carbocycles. The molecule has 1 aliphatic heterocycles. The highest BCUT2D eigenvalue weighted by Crippen LogP contribution is 2.31.